The molecule has 1 aromatic heterocycles. The summed E-state index contributed by atoms with van der Waals surface area (Å²) in [6.45, 7) is 2.52. The Bertz CT molecular complexity index is 1050. The van der Waals surface area contributed by atoms with Gasteiger partial charge in [-0.3, -0.25) is 0 Å². The summed E-state index contributed by atoms with van der Waals surface area (Å²) in [5.74, 6) is 0.613. The van der Waals surface area contributed by atoms with Crippen LogP contribution in [0, 0.1) is 0 Å². The van der Waals surface area contributed by atoms with Crippen LogP contribution in [-0.2, 0) is 19.1 Å². The lowest BCUT2D eigenvalue weighted by molar-refractivity contribution is -0.137. The Morgan fingerprint density at radius 3 is 2.52 bits per heavy atom. The minimum absolute atomic E-state index is 0.196. The van der Waals surface area contributed by atoms with Crippen molar-refractivity contribution in [1.29, 1.82) is 0 Å². The van der Waals surface area contributed by atoms with Crippen molar-refractivity contribution in [1.82, 2.24) is 0 Å². The van der Waals surface area contributed by atoms with E-state index >= 15 is 0 Å². The molecule has 0 fully saturated rings. The standard InChI is InChI=1S/C20H16F3NO3/c1-2-12-9-18(25)27-19-15(12)7-8-17-16(19)10-24(11-26-17)14-5-3-13(4-6-14)20(21,22)23/h3-9H,2,10-11H2,1H3. The quantitative estimate of drug-likeness (QED) is 0.608. The first-order valence-corrected chi connectivity index (χ1v) is 8.50. The zero-order valence-electron chi connectivity index (χ0n) is 14.5. The molecule has 0 radical (unpaired) electrons. The molecule has 2 aromatic carbocycles. The van der Waals surface area contributed by atoms with Crippen LogP contribution in [0.4, 0.5) is 18.9 Å². The van der Waals surface area contributed by atoms with Crippen LogP contribution in [0.5, 0.6) is 5.75 Å². The molecule has 1 aliphatic heterocycles. The van der Waals surface area contributed by atoms with Crippen molar-refractivity contribution in [3.8, 4) is 5.75 Å². The summed E-state index contributed by atoms with van der Waals surface area (Å²) in [6, 6.07) is 10.1. The fraction of sp³-hybridized carbons (Fsp3) is 0.250. The Morgan fingerprint density at radius 2 is 1.85 bits per heavy atom. The lowest BCUT2D eigenvalue weighted by Gasteiger charge is -2.31. The number of benzene rings is 2. The minimum atomic E-state index is -4.38. The number of hydrogen-bond acceptors (Lipinski definition) is 4. The third-order valence-corrected chi connectivity index (χ3v) is 4.72. The summed E-state index contributed by atoms with van der Waals surface area (Å²) in [5.41, 5.74) is 1.53. The van der Waals surface area contributed by atoms with Gasteiger partial charge >= 0.3 is 11.8 Å². The predicted octanol–water partition coefficient (Wildman–Crippen LogP) is 4.73. The predicted molar refractivity (Wildman–Crippen MR) is 95.0 cm³/mol. The number of rotatable bonds is 2. The van der Waals surface area contributed by atoms with Gasteiger partial charge < -0.3 is 14.1 Å². The maximum Gasteiger partial charge on any atom is 0.416 e. The maximum atomic E-state index is 12.8. The highest BCUT2D eigenvalue weighted by atomic mass is 19.4. The first kappa shape index (κ1) is 17.5. The van der Waals surface area contributed by atoms with E-state index in [-0.39, 0.29) is 6.73 Å². The Balaban J connectivity index is 1.74. The van der Waals surface area contributed by atoms with E-state index in [9.17, 15) is 18.0 Å². The monoisotopic (exact) mass is 375 g/mol. The highest BCUT2D eigenvalue weighted by molar-refractivity contribution is 5.85. The van der Waals surface area contributed by atoms with Crippen molar-refractivity contribution in [2.75, 3.05) is 11.6 Å². The van der Waals surface area contributed by atoms with Gasteiger partial charge in [0.2, 0.25) is 0 Å². The molecule has 27 heavy (non-hydrogen) atoms. The smallest absolute Gasteiger partial charge is 0.416 e. The summed E-state index contributed by atoms with van der Waals surface area (Å²) in [7, 11) is 0. The summed E-state index contributed by atoms with van der Waals surface area (Å²) < 4.78 is 49.5. The molecule has 140 valence electrons. The van der Waals surface area contributed by atoms with Gasteiger partial charge in [0, 0.05) is 17.1 Å². The Kier molecular flexibility index (Phi) is 4.09. The van der Waals surface area contributed by atoms with Crippen molar-refractivity contribution in [2.45, 2.75) is 26.1 Å². The average molecular weight is 375 g/mol. The normalized spacial score (nSPS) is 14.1. The molecular formula is C20H16F3NO3. The van der Waals surface area contributed by atoms with Gasteiger partial charge in [-0.1, -0.05) is 6.92 Å². The third-order valence-electron chi connectivity index (χ3n) is 4.72. The van der Waals surface area contributed by atoms with Gasteiger partial charge in [0.05, 0.1) is 17.7 Å². The van der Waals surface area contributed by atoms with Crippen molar-refractivity contribution in [3.63, 3.8) is 0 Å². The molecule has 1 aliphatic rings. The van der Waals surface area contributed by atoms with E-state index in [4.69, 9.17) is 9.15 Å². The molecule has 4 rings (SSSR count). The fourth-order valence-corrected chi connectivity index (χ4v) is 3.32. The highest BCUT2D eigenvalue weighted by Gasteiger charge is 2.30. The first-order chi connectivity index (χ1) is 12.9. The second-order valence-corrected chi connectivity index (χ2v) is 6.38. The number of ether oxygens (including phenoxy) is 1. The van der Waals surface area contributed by atoms with Crippen molar-refractivity contribution < 1.29 is 22.3 Å². The van der Waals surface area contributed by atoms with Crippen LogP contribution < -0.4 is 15.3 Å². The van der Waals surface area contributed by atoms with Gasteiger partial charge in [0.1, 0.15) is 11.3 Å². The molecule has 0 unspecified atom stereocenters. The zero-order valence-corrected chi connectivity index (χ0v) is 14.5. The maximum absolute atomic E-state index is 12.8. The molecule has 0 spiro atoms. The SMILES string of the molecule is CCc1cc(=O)oc2c3c(ccc12)OCN(c1ccc(C(F)(F)F)cc1)C3. The minimum Gasteiger partial charge on any atom is -0.473 e. The van der Waals surface area contributed by atoms with Crippen molar-refractivity contribution in [3.05, 3.63) is 69.6 Å². The van der Waals surface area contributed by atoms with Gasteiger partial charge in [-0.05, 0) is 48.4 Å². The first-order valence-electron chi connectivity index (χ1n) is 8.50. The number of anilines is 1. The number of halogens is 3. The summed E-state index contributed by atoms with van der Waals surface area (Å²) in [4.78, 5) is 13.7. The second-order valence-electron chi connectivity index (χ2n) is 6.38. The zero-order chi connectivity index (χ0) is 19.2. The third kappa shape index (κ3) is 3.13. The van der Waals surface area contributed by atoms with Gasteiger partial charge in [0.15, 0.2) is 6.73 Å². The topological polar surface area (TPSA) is 42.7 Å². The van der Waals surface area contributed by atoms with Gasteiger partial charge in [-0.2, -0.15) is 13.2 Å². The second kappa shape index (κ2) is 6.33. The lowest BCUT2D eigenvalue weighted by Crippen LogP contribution is -2.32. The molecule has 0 aliphatic carbocycles. The molecule has 0 saturated heterocycles. The average Bonchev–Trinajstić information content (AvgIpc) is 2.66. The van der Waals surface area contributed by atoms with Gasteiger partial charge in [-0.15, -0.1) is 0 Å². The molecule has 0 saturated carbocycles. The molecule has 2 heterocycles. The number of fused-ring (bicyclic) bond motifs is 3. The Labute approximate surface area is 152 Å². The van der Waals surface area contributed by atoms with E-state index in [0.717, 1.165) is 23.1 Å². The lowest BCUT2D eigenvalue weighted by atomic mass is 10.0. The highest BCUT2D eigenvalue weighted by Crippen LogP contribution is 2.36. The largest absolute Gasteiger partial charge is 0.473 e. The van der Waals surface area contributed by atoms with E-state index in [1.54, 1.807) is 4.90 Å². The molecule has 3 aromatic rings. The molecule has 4 nitrogen and oxygen atoms in total. The van der Waals surface area contributed by atoms with E-state index in [1.165, 1.54) is 18.2 Å². The number of aryl methyl sites for hydroxylation is 1. The molecule has 7 heteroatoms. The number of alkyl halides is 3. The van der Waals surface area contributed by atoms with E-state index < -0.39 is 17.4 Å². The van der Waals surface area contributed by atoms with Crippen LogP contribution in [0.1, 0.15) is 23.6 Å². The molecule has 0 N–H and O–H groups in total. The van der Waals surface area contributed by atoms with Gasteiger partial charge in [0.25, 0.3) is 0 Å². The van der Waals surface area contributed by atoms with Crippen LogP contribution in [0.3, 0.4) is 0 Å². The van der Waals surface area contributed by atoms with Crippen LogP contribution >= 0.6 is 0 Å². The molecular weight excluding hydrogens is 359 g/mol. The van der Waals surface area contributed by atoms with Gasteiger partial charge in [-0.25, -0.2) is 4.79 Å². The van der Waals surface area contributed by atoms with Crippen LogP contribution in [-0.4, -0.2) is 6.73 Å². The fourth-order valence-electron chi connectivity index (χ4n) is 3.32. The molecule has 0 atom stereocenters. The van der Waals surface area contributed by atoms with Crippen molar-refractivity contribution in [2.24, 2.45) is 0 Å². The Morgan fingerprint density at radius 1 is 1.11 bits per heavy atom. The molecule has 0 amide bonds. The number of nitrogens with zero attached hydrogens (tertiary/aromatic N) is 1. The Hall–Kier alpha value is -2.96. The van der Waals surface area contributed by atoms with E-state index in [0.29, 0.717) is 35.5 Å². The number of hydrogen-bond donors (Lipinski definition) is 0. The van der Waals surface area contributed by atoms with Crippen molar-refractivity contribution >= 4 is 16.7 Å². The van der Waals surface area contributed by atoms with E-state index in [1.807, 2.05) is 19.1 Å². The summed E-state index contributed by atoms with van der Waals surface area (Å²) >= 11 is 0. The van der Waals surface area contributed by atoms with Crippen LogP contribution in [0.2, 0.25) is 0 Å². The van der Waals surface area contributed by atoms with Crippen LogP contribution in [0.25, 0.3) is 11.0 Å². The summed E-state index contributed by atoms with van der Waals surface area (Å²) in [6.07, 6.45) is -3.69. The summed E-state index contributed by atoms with van der Waals surface area (Å²) in [5, 5.41) is 0.841. The molecule has 0 bridgehead atoms. The van der Waals surface area contributed by atoms with Crippen LogP contribution in [0.15, 0.2) is 51.7 Å². The van der Waals surface area contributed by atoms with E-state index in [2.05, 4.69) is 0 Å².